The fourth-order valence-electron chi connectivity index (χ4n) is 11.0. The fraction of sp³-hybridized carbons (Fsp3) is 0.893. The normalized spacial score (nSPS) is 14.4. The van der Waals surface area contributed by atoms with Crippen LogP contribution in [0.3, 0.4) is 0 Å². The molecule has 3 N–H and O–H groups in total. The Kier molecular flexibility index (Phi) is 65.9. The van der Waals surface area contributed by atoms with E-state index in [0.717, 1.165) is 109 Å². The number of carbonyl (C=O) groups excluding carboxylic acids is 4. The third kappa shape index (κ3) is 66.8. The Morgan fingerprint density at radius 2 is 0.596 bits per heavy atom. The van der Waals surface area contributed by atoms with E-state index >= 15 is 0 Å². The first-order chi connectivity index (χ1) is 45.6. The number of allylic oxidation sites excluding steroid dienone is 4. The fourth-order valence-corrected chi connectivity index (χ4v) is 12.5. The molecule has 0 aliphatic heterocycles. The topological polar surface area (TPSA) is 237 Å². The van der Waals surface area contributed by atoms with Crippen LogP contribution in [0, 0.1) is 5.92 Å². The van der Waals surface area contributed by atoms with Gasteiger partial charge in [-0.05, 0) is 57.3 Å². The number of phosphoric ester groups is 2. The zero-order valence-electron chi connectivity index (χ0n) is 60.6. The molecule has 0 spiro atoms. The van der Waals surface area contributed by atoms with Crippen LogP contribution in [0.4, 0.5) is 0 Å². The van der Waals surface area contributed by atoms with Crippen molar-refractivity contribution >= 4 is 39.5 Å². The van der Waals surface area contributed by atoms with Gasteiger partial charge >= 0.3 is 39.5 Å². The highest BCUT2D eigenvalue weighted by Gasteiger charge is 2.30. The van der Waals surface area contributed by atoms with E-state index in [9.17, 15) is 43.2 Å². The second-order valence-electron chi connectivity index (χ2n) is 26.6. The Balaban J connectivity index is 5.30. The summed E-state index contributed by atoms with van der Waals surface area (Å²) in [5.74, 6) is -1.37. The Morgan fingerprint density at radius 1 is 0.340 bits per heavy atom. The molecular weight excluding hydrogens is 1230 g/mol. The molecule has 0 aromatic rings. The van der Waals surface area contributed by atoms with Crippen LogP contribution >= 0.6 is 15.6 Å². The van der Waals surface area contributed by atoms with Gasteiger partial charge in [-0.3, -0.25) is 37.3 Å². The van der Waals surface area contributed by atoms with Crippen LogP contribution in [0.1, 0.15) is 369 Å². The first-order valence-corrected chi connectivity index (χ1v) is 41.5. The average molecular weight is 1380 g/mol. The van der Waals surface area contributed by atoms with Crippen molar-refractivity contribution in [2.45, 2.75) is 387 Å². The first-order valence-electron chi connectivity index (χ1n) is 38.5. The summed E-state index contributed by atoms with van der Waals surface area (Å²) >= 11 is 0. The van der Waals surface area contributed by atoms with Crippen molar-refractivity contribution in [1.29, 1.82) is 0 Å². The summed E-state index contributed by atoms with van der Waals surface area (Å²) in [5.41, 5.74) is 0. The molecule has 0 heterocycles. The number of esters is 4. The average Bonchev–Trinajstić information content (AvgIpc) is 2.28. The first kappa shape index (κ1) is 91.5. The second kappa shape index (κ2) is 67.7. The number of hydrogen-bond acceptors (Lipinski definition) is 15. The quantitative estimate of drug-likeness (QED) is 0.0169. The molecule has 6 atom stereocenters. The molecule has 0 radical (unpaired) electrons. The molecule has 0 fully saturated rings. The van der Waals surface area contributed by atoms with E-state index < -0.39 is 97.5 Å². The molecule has 0 rings (SSSR count). The number of hydrogen-bond donors (Lipinski definition) is 3. The van der Waals surface area contributed by atoms with Crippen LogP contribution in [0.2, 0.25) is 0 Å². The number of rotatable bonds is 73. The molecule has 17 nitrogen and oxygen atoms in total. The molecule has 554 valence electrons. The maximum atomic E-state index is 13.1. The summed E-state index contributed by atoms with van der Waals surface area (Å²) < 4.78 is 68.5. The van der Waals surface area contributed by atoms with Crippen LogP contribution in [0.5, 0.6) is 0 Å². The third-order valence-corrected chi connectivity index (χ3v) is 19.2. The molecule has 0 aliphatic rings. The standard InChI is InChI=1S/C75H142O17P2/c1-6-10-13-16-19-22-25-28-30-33-36-39-46-51-56-61-75(80)91-70(64-85-72(77)58-53-48-43-37-34-32-29-26-23-20-17-14-11-7-2)66-89-93(81,82)87-62-69(76)63-88-94(83,84)90-67-71(65-86-73(78)59-54-49-44-41-40-42-47-52-57-68(5)9-4)92-74(79)60-55-50-45-38-35-31-27-24-21-18-15-12-8-3/h22,25,28,30,68-71,76H,6-21,23-24,26-27,29,31-67H2,1-5H3,(H,81,82)(H,83,84)/b25-22-,30-28-/t68?,69-,70-,71-/m1/s1. The summed E-state index contributed by atoms with van der Waals surface area (Å²) in [5, 5.41) is 10.6. The third-order valence-electron chi connectivity index (χ3n) is 17.3. The maximum Gasteiger partial charge on any atom is 0.472 e. The predicted octanol–water partition coefficient (Wildman–Crippen LogP) is 21.6. The molecule has 0 aromatic carbocycles. The molecule has 0 amide bonds. The second-order valence-corrected chi connectivity index (χ2v) is 29.5. The van der Waals surface area contributed by atoms with Crippen molar-refractivity contribution in [3.63, 3.8) is 0 Å². The lowest BCUT2D eigenvalue weighted by Crippen LogP contribution is -2.30. The van der Waals surface area contributed by atoms with Gasteiger partial charge < -0.3 is 33.8 Å². The van der Waals surface area contributed by atoms with Crippen molar-refractivity contribution in [1.82, 2.24) is 0 Å². The Hall–Kier alpha value is -2.46. The van der Waals surface area contributed by atoms with E-state index in [4.69, 9.17) is 37.0 Å². The zero-order valence-corrected chi connectivity index (χ0v) is 62.4. The van der Waals surface area contributed by atoms with Gasteiger partial charge in [0.25, 0.3) is 0 Å². The summed E-state index contributed by atoms with van der Waals surface area (Å²) in [4.78, 5) is 72.8. The van der Waals surface area contributed by atoms with Gasteiger partial charge in [0.05, 0.1) is 26.4 Å². The minimum absolute atomic E-state index is 0.0856. The summed E-state index contributed by atoms with van der Waals surface area (Å²) in [6.45, 7) is 7.22. The van der Waals surface area contributed by atoms with E-state index in [-0.39, 0.29) is 25.7 Å². The molecule has 0 bridgehead atoms. The molecule has 0 saturated carbocycles. The van der Waals surface area contributed by atoms with Crippen molar-refractivity contribution in [3.8, 4) is 0 Å². The van der Waals surface area contributed by atoms with Gasteiger partial charge in [-0.15, -0.1) is 0 Å². The van der Waals surface area contributed by atoms with Gasteiger partial charge in [0, 0.05) is 25.7 Å². The summed E-state index contributed by atoms with van der Waals surface area (Å²) in [6, 6.07) is 0. The van der Waals surface area contributed by atoms with Crippen molar-refractivity contribution in [3.05, 3.63) is 24.3 Å². The largest absolute Gasteiger partial charge is 0.472 e. The van der Waals surface area contributed by atoms with Crippen LogP contribution in [-0.4, -0.2) is 96.7 Å². The minimum Gasteiger partial charge on any atom is -0.462 e. The van der Waals surface area contributed by atoms with E-state index in [0.29, 0.717) is 25.7 Å². The van der Waals surface area contributed by atoms with E-state index in [1.807, 2.05) is 0 Å². The zero-order chi connectivity index (χ0) is 69.1. The smallest absolute Gasteiger partial charge is 0.462 e. The van der Waals surface area contributed by atoms with Gasteiger partial charge in [0.1, 0.15) is 19.3 Å². The molecule has 0 aromatic heterocycles. The Labute approximate surface area is 573 Å². The highest BCUT2D eigenvalue weighted by atomic mass is 31.2. The van der Waals surface area contributed by atoms with E-state index in [1.54, 1.807) is 0 Å². The van der Waals surface area contributed by atoms with Crippen molar-refractivity contribution in [2.75, 3.05) is 39.6 Å². The Morgan fingerprint density at radius 3 is 0.904 bits per heavy atom. The van der Waals surface area contributed by atoms with Crippen molar-refractivity contribution < 1.29 is 80.2 Å². The number of carbonyl (C=O) groups is 4. The number of aliphatic hydroxyl groups excluding tert-OH is 1. The highest BCUT2D eigenvalue weighted by Crippen LogP contribution is 2.45. The van der Waals surface area contributed by atoms with Crippen LogP contribution < -0.4 is 0 Å². The molecule has 19 heteroatoms. The van der Waals surface area contributed by atoms with Gasteiger partial charge in [-0.25, -0.2) is 9.13 Å². The lowest BCUT2D eigenvalue weighted by Gasteiger charge is -2.21. The molecule has 94 heavy (non-hydrogen) atoms. The lowest BCUT2D eigenvalue weighted by atomic mass is 9.99. The van der Waals surface area contributed by atoms with Crippen LogP contribution in [-0.2, 0) is 65.4 Å². The lowest BCUT2D eigenvalue weighted by molar-refractivity contribution is -0.161. The minimum atomic E-state index is -4.96. The van der Waals surface area contributed by atoms with Crippen LogP contribution in [0.25, 0.3) is 0 Å². The number of ether oxygens (including phenoxy) is 4. The summed E-state index contributed by atoms with van der Waals surface area (Å²) in [7, 11) is -9.92. The summed E-state index contributed by atoms with van der Waals surface area (Å²) in [6.07, 6.45) is 58.8. The van der Waals surface area contributed by atoms with Gasteiger partial charge in [-0.2, -0.15) is 0 Å². The Bertz CT molecular complexity index is 1900. The van der Waals surface area contributed by atoms with Gasteiger partial charge in [0.15, 0.2) is 12.2 Å². The highest BCUT2D eigenvalue weighted by molar-refractivity contribution is 7.47. The molecule has 0 aliphatic carbocycles. The van der Waals surface area contributed by atoms with E-state index in [1.165, 1.54) is 180 Å². The number of unbranched alkanes of at least 4 members (excludes halogenated alkanes) is 41. The SMILES string of the molecule is CCCCCC/C=C\C=C/CCCCCCCC(=O)O[C@H](COC(=O)CCCCCCCCCCCCCCCC)COP(=O)(O)OC[C@@H](O)COP(=O)(O)OC[C@@H](COC(=O)CCCCCCCCCCC(C)CC)OC(=O)CCCCCCCCCCCCCCC. The van der Waals surface area contributed by atoms with Crippen LogP contribution in [0.15, 0.2) is 24.3 Å². The molecule has 3 unspecified atom stereocenters. The molecule has 0 saturated heterocycles. The monoisotopic (exact) mass is 1380 g/mol. The number of aliphatic hydroxyl groups is 1. The van der Waals surface area contributed by atoms with Gasteiger partial charge in [-0.1, -0.05) is 316 Å². The van der Waals surface area contributed by atoms with Crippen molar-refractivity contribution in [2.24, 2.45) is 5.92 Å². The van der Waals surface area contributed by atoms with Gasteiger partial charge in [0.2, 0.25) is 0 Å². The molecular formula is C75H142O17P2. The van der Waals surface area contributed by atoms with E-state index in [2.05, 4.69) is 58.9 Å². The predicted molar refractivity (Wildman–Crippen MR) is 381 cm³/mol. The number of phosphoric acid groups is 2. The maximum absolute atomic E-state index is 13.1.